The highest BCUT2D eigenvalue weighted by molar-refractivity contribution is 6.37. The van der Waals surface area contributed by atoms with E-state index in [1.807, 2.05) is 0 Å². The van der Waals surface area contributed by atoms with Crippen molar-refractivity contribution in [3.8, 4) is 11.5 Å². The lowest BCUT2D eigenvalue weighted by molar-refractivity contribution is 0.0609. The third-order valence-electron chi connectivity index (χ3n) is 3.99. The Morgan fingerprint density at radius 3 is 2.54 bits per heavy atom. The van der Waals surface area contributed by atoms with E-state index in [1.165, 1.54) is 6.07 Å². The molecule has 0 atom stereocenters. The highest BCUT2D eigenvalue weighted by Gasteiger charge is 2.16. The molecule has 5 nitrogen and oxygen atoms in total. The van der Waals surface area contributed by atoms with Crippen LogP contribution in [0.3, 0.4) is 0 Å². The second kappa shape index (κ2) is 7.47. The largest absolute Gasteiger partial charge is 0.453 e. The number of aromatic nitrogens is 1. The zero-order valence-corrected chi connectivity index (χ0v) is 14.5. The van der Waals surface area contributed by atoms with Gasteiger partial charge in [-0.3, -0.25) is 4.79 Å². The summed E-state index contributed by atoms with van der Waals surface area (Å²) in [5, 5.41) is 0.643. The summed E-state index contributed by atoms with van der Waals surface area (Å²) < 4.78 is 12.8. The van der Waals surface area contributed by atoms with Gasteiger partial charge >= 0.3 is 0 Å². The molecule has 1 aromatic carbocycles. The Morgan fingerprint density at radius 2 is 1.88 bits per heavy atom. The maximum Gasteiger partial charge on any atom is 0.250 e. The zero-order chi connectivity index (χ0) is 17.1. The van der Waals surface area contributed by atoms with E-state index >= 15 is 0 Å². The predicted octanol–water partition coefficient (Wildman–Crippen LogP) is 3.96. The van der Waals surface area contributed by atoms with Crippen molar-refractivity contribution in [3.63, 3.8) is 0 Å². The molecule has 1 aliphatic rings. The summed E-state index contributed by atoms with van der Waals surface area (Å²) in [7, 11) is 0. The molecule has 128 valence electrons. The SMILES string of the molecule is Nc1cc(Cl)c(Oc2ccc(=O)n(CC3CCOCC3)c2)c(Cl)c1. The van der Waals surface area contributed by atoms with E-state index in [0.717, 1.165) is 26.1 Å². The van der Waals surface area contributed by atoms with Gasteiger partial charge < -0.3 is 19.8 Å². The van der Waals surface area contributed by atoms with Gasteiger partial charge in [0.1, 0.15) is 5.75 Å². The van der Waals surface area contributed by atoms with Crippen molar-refractivity contribution in [2.75, 3.05) is 18.9 Å². The molecule has 1 aliphatic heterocycles. The van der Waals surface area contributed by atoms with Crippen molar-refractivity contribution in [1.82, 2.24) is 4.57 Å². The van der Waals surface area contributed by atoms with Gasteiger partial charge in [0, 0.05) is 37.7 Å². The molecule has 0 aliphatic carbocycles. The van der Waals surface area contributed by atoms with Crippen LogP contribution in [0, 0.1) is 5.92 Å². The molecule has 7 heteroatoms. The number of pyridine rings is 1. The van der Waals surface area contributed by atoms with Gasteiger partial charge in [-0.15, -0.1) is 0 Å². The number of hydrogen-bond acceptors (Lipinski definition) is 4. The fourth-order valence-corrected chi connectivity index (χ4v) is 3.30. The molecule has 1 aromatic heterocycles. The molecule has 2 heterocycles. The third-order valence-corrected chi connectivity index (χ3v) is 4.55. The molecule has 24 heavy (non-hydrogen) atoms. The first kappa shape index (κ1) is 17.1. The third kappa shape index (κ3) is 4.04. The first-order valence-electron chi connectivity index (χ1n) is 7.73. The predicted molar refractivity (Wildman–Crippen MR) is 95.2 cm³/mol. The number of nitrogens with two attached hydrogens (primary N) is 1. The van der Waals surface area contributed by atoms with Gasteiger partial charge in [0.25, 0.3) is 5.56 Å². The average Bonchev–Trinajstić information content (AvgIpc) is 2.55. The molecule has 0 saturated carbocycles. The Labute approximate surface area is 149 Å². The summed E-state index contributed by atoms with van der Waals surface area (Å²) in [5.41, 5.74) is 6.08. The van der Waals surface area contributed by atoms with Crippen molar-refractivity contribution in [2.45, 2.75) is 19.4 Å². The van der Waals surface area contributed by atoms with Crippen LogP contribution < -0.4 is 16.0 Å². The summed E-state index contributed by atoms with van der Waals surface area (Å²) in [6, 6.07) is 6.22. The van der Waals surface area contributed by atoms with Crippen LogP contribution in [0.5, 0.6) is 11.5 Å². The number of hydrogen-bond donors (Lipinski definition) is 1. The smallest absolute Gasteiger partial charge is 0.250 e. The minimum Gasteiger partial charge on any atom is -0.453 e. The second-order valence-electron chi connectivity index (χ2n) is 5.83. The van der Waals surface area contributed by atoms with Gasteiger partial charge in [0.05, 0.1) is 10.0 Å². The zero-order valence-electron chi connectivity index (χ0n) is 13.0. The van der Waals surface area contributed by atoms with Crippen LogP contribution in [0.25, 0.3) is 0 Å². The second-order valence-corrected chi connectivity index (χ2v) is 6.64. The number of nitrogen functional groups attached to an aromatic ring is 1. The monoisotopic (exact) mass is 368 g/mol. The Balaban J connectivity index is 1.82. The molecule has 1 saturated heterocycles. The number of ether oxygens (including phenoxy) is 2. The van der Waals surface area contributed by atoms with Crippen LogP contribution in [-0.2, 0) is 11.3 Å². The summed E-state index contributed by atoms with van der Waals surface area (Å²) >= 11 is 12.3. The van der Waals surface area contributed by atoms with Gasteiger partial charge in [-0.05, 0) is 37.0 Å². The Hall–Kier alpha value is -1.69. The maximum atomic E-state index is 12.1. The first-order valence-corrected chi connectivity index (χ1v) is 8.49. The summed E-state index contributed by atoms with van der Waals surface area (Å²) in [6.45, 7) is 2.13. The lowest BCUT2D eigenvalue weighted by atomic mass is 10.0. The Kier molecular flexibility index (Phi) is 5.33. The van der Waals surface area contributed by atoms with Crippen molar-refractivity contribution in [3.05, 3.63) is 50.9 Å². The molecule has 1 fully saturated rings. The van der Waals surface area contributed by atoms with Crippen LogP contribution >= 0.6 is 23.2 Å². The molecule has 0 spiro atoms. The minimum absolute atomic E-state index is 0.0664. The molecule has 3 rings (SSSR count). The highest BCUT2D eigenvalue weighted by atomic mass is 35.5. The van der Waals surface area contributed by atoms with Gasteiger partial charge in [-0.25, -0.2) is 0 Å². The Morgan fingerprint density at radius 1 is 1.21 bits per heavy atom. The lowest BCUT2D eigenvalue weighted by Crippen LogP contribution is -2.26. The highest BCUT2D eigenvalue weighted by Crippen LogP contribution is 2.37. The molecule has 0 unspecified atom stereocenters. The topological polar surface area (TPSA) is 66.5 Å². The average molecular weight is 369 g/mol. The number of anilines is 1. The molecular formula is C17H18Cl2N2O3. The van der Waals surface area contributed by atoms with Gasteiger partial charge in [0.2, 0.25) is 0 Å². The van der Waals surface area contributed by atoms with E-state index in [1.54, 1.807) is 29.0 Å². The van der Waals surface area contributed by atoms with E-state index < -0.39 is 0 Å². The molecule has 0 radical (unpaired) electrons. The molecule has 0 amide bonds. The van der Waals surface area contributed by atoms with Crippen LogP contribution in [0.1, 0.15) is 12.8 Å². The number of nitrogens with zero attached hydrogens (tertiary/aromatic N) is 1. The van der Waals surface area contributed by atoms with Crippen molar-refractivity contribution in [2.24, 2.45) is 5.92 Å². The Bertz CT molecular complexity index is 763. The van der Waals surface area contributed by atoms with Crippen molar-refractivity contribution >= 4 is 28.9 Å². The van der Waals surface area contributed by atoms with E-state index in [-0.39, 0.29) is 5.56 Å². The quantitative estimate of drug-likeness (QED) is 0.829. The van der Waals surface area contributed by atoms with E-state index in [2.05, 4.69) is 0 Å². The normalized spacial score (nSPS) is 15.4. The fourth-order valence-electron chi connectivity index (χ4n) is 2.71. The molecule has 2 aromatic rings. The van der Waals surface area contributed by atoms with Gasteiger partial charge in [-0.1, -0.05) is 23.2 Å². The number of benzene rings is 1. The fraction of sp³-hybridized carbons (Fsp3) is 0.353. The van der Waals surface area contributed by atoms with E-state index in [0.29, 0.717) is 39.7 Å². The number of halogens is 2. The van der Waals surface area contributed by atoms with Crippen molar-refractivity contribution in [1.29, 1.82) is 0 Å². The van der Waals surface area contributed by atoms with Crippen LogP contribution in [0.15, 0.2) is 35.3 Å². The molecular weight excluding hydrogens is 351 g/mol. The minimum atomic E-state index is -0.0664. The first-order chi connectivity index (χ1) is 11.5. The maximum absolute atomic E-state index is 12.1. The summed E-state index contributed by atoms with van der Waals surface area (Å²) in [5.74, 6) is 1.24. The standard InChI is InChI=1S/C17H18Cl2N2O3/c18-14-7-12(20)8-15(19)17(14)24-13-1-2-16(22)21(10-13)9-11-3-5-23-6-4-11/h1-2,7-8,10-11H,3-6,9,20H2. The molecule has 2 N–H and O–H groups in total. The summed E-state index contributed by atoms with van der Waals surface area (Å²) in [4.78, 5) is 12.1. The van der Waals surface area contributed by atoms with Crippen LogP contribution in [0.4, 0.5) is 5.69 Å². The van der Waals surface area contributed by atoms with Crippen LogP contribution in [0.2, 0.25) is 10.0 Å². The van der Waals surface area contributed by atoms with Gasteiger partial charge in [-0.2, -0.15) is 0 Å². The van der Waals surface area contributed by atoms with Crippen molar-refractivity contribution < 1.29 is 9.47 Å². The van der Waals surface area contributed by atoms with Gasteiger partial charge in [0.15, 0.2) is 5.75 Å². The van der Waals surface area contributed by atoms with E-state index in [9.17, 15) is 4.79 Å². The number of rotatable bonds is 4. The van der Waals surface area contributed by atoms with E-state index in [4.69, 9.17) is 38.4 Å². The lowest BCUT2D eigenvalue weighted by Gasteiger charge is -2.23. The van der Waals surface area contributed by atoms with Crippen LogP contribution in [-0.4, -0.2) is 17.8 Å². The molecule has 0 bridgehead atoms. The summed E-state index contributed by atoms with van der Waals surface area (Å²) in [6.07, 6.45) is 3.58.